The second-order valence-corrected chi connectivity index (χ2v) is 8.48. The number of aromatic amines is 1. The van der Waals surface area contributed by atoms with Gasteiger partial charge in [0.15, 0.2) is 5.65 Å². The molecule has 0 radical (unpaired) electrons. The zero-order chi connectivity index (χ0) is 25.7. The Morgan fingerprint density at radius 1 is 1.23 bits per heavy atom. The number of rotatable bonds is 3. The molecule has 188 valence electrons. The van der Waals surface area contributed by atoms with Crippen LogP contribution in [0.25, 0.3) is 11.0 Å². The number of nitrogens with zero attached hydrogens (tertiary/aromatic N) is 5. The van der Waals surface area contributed by atoms with Crippen LogP contribution in [0, 0.1) is 0 Å². The highest BCUT2D eigenvalue weighted by Gasteiger charge is 2.36. The Balaban J connectivity index is 1.47. The van der Waals surface area contributed by atoms with Crippen molar-refractivity contribution >= 4 is 28.4 Å². The van der Waals surface area contributed by atoms with Crippen molar-refractivity contribution in [2.75, 3.05) is 30.4 Å². The molecule has 2 N–H and O–H groups in total. The third-order valence-corrected chi connectivity index (χ3v) is 6.12. The number of urea groups is 1. The Bertz CT molecular complexity index is 1390. The number of H-pyrrole nitrogens is 1. The third kappa shape index (κ3) is 4.59. The fourth-order valence-corrected chi connectivity index (χ4v) is 4.14. The molecule has 3 aromatic heterocycles. The van der Waals surface area contributed by atoms with E-state index in [1.807, 2.05) is 0 Å². The molecular formula is C21H23F4N7O3. The monoisotopic (exact) mass is 497 g/mol. The van der Waals surface area contributed by atoms with E-state index in [-0.39, 0.29) is 18.5 Å². The minimum Gasteiger partial charge on any atom is -0.367 e. The Labute approximate surface area is 195 Å². The molecule has 0 saturated carbocycles. The van der Waals surface area contributed by atoms with Crippen molar-refractivity contribution in [3.05, 3.63) is 50.8 Å². The fourth-order valence-electron chi connectivity index (χ4n) is 4.14. The molecule has 1 aliphatic heterocycles. The normalized spacial score (nSPS) is 18.7. The number of pyridine rings is 2. The average Bonchev–Trinajstić information content (AvgIpc) is 3.08. The highest BCUT2D eigenvalue weighted by molar-refractivity contribution is 5.89. The fraction of sp³-hybridized carbons (Fsp3) is 0.429. The van der Waals surface area contributed by atoms with Crippen molar-refractivity contribution in [3.8, 4) is 0 Å². The number of hydrogen-bond acceptors (Lipinski definition) is 5. The van der Waals surface area contributed by atoms with Crippen molar-refractivity contribution in [2.45, 2.75) is 24.8 Å². The Hall–Kier alpha value is -3.84. The molecule has 1 fully saturated rings. The molecule has 0 aromatic carbocycles. The Morgan fingerprint density at radius 2 is 1.94 bits per heavy atom. The molecule has 0 spiro atoms. The van der Waals surface area contributed by atoms with Gasteiger partial charge in [-0.1, -0.05) is 0 Å². The summed E-state index contributed by atoms with van der Waals surface area (Å²) >= 11 is 0. The van der Waals surface area contributed by atoms with E-state index < -0.39 is 41.2 Å². The number of anilines is 2. The molecular weight excluding hydrogens is 474 g/mol. The zero-order valence-corrected chi connectivity index (χ0v) is 19.1. The van der Waals surface area contributed by atoms with Gasteiger partial charge in [0.2, 0.25) is 0 Å². The smallest absolute Gasteiger partial charge is 0.367 e. The molecule has 0 bridgehead atoms. The maximum Gasteiger partial charge on any atom is 0.417 e. The van der Waals surface area contributed by atoms with Crippen molar-refractivity contribution in [3.63, 3.8) is 0 Å². The Morgan fingerprint density at radius 3 is 2.60 bits per heavy atom. The Kier molecular flexibility index (Phi) is 6.07. The van der Waals surface area contributed by atoms with Crippen LogP contribution in [-0.2, 0) is 20.3 Å². The van der Waals surface area contributed by atoms with Crippen molar-refractivity contribution in [1.82, 2.24) is 24.2 Å². The molecule has 1 saturated heterocycles. The lowest BCUT2D eigenvalue weighted by molar-refractivity contribution is -0.138. The van der Waals surface area contributed by atoms with Crippen LogP contribution in [0.3, 0.4) is 0 Å². The van der Waals surface area contributed by atoms with Gasteiger partial charge in [-0.3, -0.25) is 19.4 Å². The number of aromatic nitrogens is 4. The van der Waals surface area contributed by atoms with E-state index in [0.717, 1.165) is 16.5 Å². The van der Waals surface area contributed by atoms with Crippen molar-refractivity contribution in [1.29, 1.82) is 0 Å². The molecule has 3 aromatic rings. The molecule has 10 nitrogen and oxygen atoms in total. The van der Waals surface area contributed by atoms with E-state index in [2.05, 4.69) is 15.4 Å². The van der Waals surface area contributed by atoms with E-state index in [1.165, 1.54) is 17.9 Å². The number of halogens is 4. The first-order valence-electron chi connectivity index (χ1n) is 10.6. The molecule has 4 heterocycles. The summed E-state index contributed by atoms with van der Waals surface area (Å²) in [7, 11) is 4.01. The predicted octanol–water partition coefficient (Wildman–Crippen LogP) is 2.06. The minimum atomic E-state index is -4.71. The van der Waals surface area contributed by atoms with Crippen LogP contribution in [0.1, 0.15) is 12.0 Å². The van der Waals surface area contributed by atoms with Gasteiger partial charge in [0, 0.05) is 33.9 Å². The maximum absolute atomic E-state index is 15.1. The standard InChI is InChI=1S/C21H23F4N7O3/c1-29-9-11(21(23,24)25)6-15(19(29)34)27-20(35)30(2)16-4-5-32(10-14(16)22)12-7-13-17(26-8-12)28-31(3)18(13)33/h6-9,14,16H,4-5,10H2,1-3H3,(H,26,28)(H,27,35)/t14-,16+/m0/s1. The van der Waals surface area contributed by atoms with Gasteiger partial charge in [-0.15, -0.1) is 0 Å². The van der Waals surface area contributed by atoms with Crippen LogP contribution in [0.4, 0.5) is 33.7 Å². The molecule has 0 unspecified atom stereocenters. The second kappa shape index (κ2) is 8.74. The van der Waals surface area contributed by atoms with Gasteiger partial charge < -0.3 is 19.7 Å². The van der Waals surface area contributed by atoms with E-state index in [0.29, 0.717) is 35.5 Å². The molecule has 2 atom stereocenters. The number of alkyl halides is 4. The summed E-state index contributed by atoms with van der Waals surface area (Å²) in [6.45, 7) is 0.248. The van der Waals surface area contributed by atoms with Gasteiger partial charge in [0.1, 0.15) is 11.9 Å². The van der Waals surface area contributed by atoms with Gasteiger partial charge in [0.25, 0.3) is 11.1 Å². The van der Waals surface area contributed by atoms with Crippen LogP contribution in [-0.4, -0.2) is 62.6 Å². The topological polar surface area (TPSA) is 108 Å². The summed E-state index contributed by atoms with van der Waals surface area (Å²) in [6.07, 6.45) is -3.87. The zero-order valence-electron chi connectivity index (χ0n) is 19.1. The van der Waals surface area contributed by atoms with Crippen LogP contribution < -0.4 is 21.3 Å². The number of amides is 2. The summed E-state index contributed by atoms with van der Waals surface area (Å²) in [5, 5.41) is 5.34. The molecule has 0 aliphatic carbocycles. The van der Waals surface area contributed by atoms with E-state index in [9.17, 15) is 27.6 Å². The second-order valence-electron chi connectivity index (χ2n) is 8.48. The third-order valence-electron chi connectivity index (χ3n) is 6.12. The van der Waals surface area contributed by atoms with Crippen LogP contribution >= 0.6 is 0 Å². The highest BCUT2D eigenvalue weighted by Crippen LogP contribution is 2.30. The highest BCUT2D eigenvalue weighted by atomic mass is 19.4. The number of aryl methyl sites for hydroxylation is 2. The van der Waals surface area contributed by atoms with Gasteiger partial charge in [-0.05, 0) is 18.6 Å². The van der Waals surface area contributed by atoms with Crippen LogP contribution in [0.5, 0.6) is 0 Å². The first kappa shape index (κ1) is 24.3. The van der Waals surface area contributed by atoms with Crippen LogP contribution in [0.2, 0.25) is 0 Å². The van der Waals surface area contributed by atoms with E-state index in [1.54, 1.807) is 18.0 Å². The molecule has 2 amide bonds. The quantitative estimate of drug-likeness (QED) is 0.539. The number of fused-ring (bicyclic) bond motifs is 1. The number of piperidine rings is 1. The summed E-state index contributed by atoms with van der Waals surface area (Å²) in [5.74, 6) is 0. The van der Waals surface area contributed by atoms with Gasteiger partial charge in [-0.25, -0.2) is 14.2 Å². The number of hydrogen-bond donors (Lipinski definition) is 2. The molecule has 1 aliphatic rings. The lowest BCUT2D eigenvalue weighted by Crippen LogP contribution is -2.54. The van der Waals surface area contributed by atoms with Crippen molar-refractivity contribution in [2.24, 2.45) is 14.1 Å². The van der Waals surface area contributed by atoms with E-state index in [4.69, 9.17) is 0 Å². The predicted molar refractivity (Wildman–Crippen MR) is 120 cm³/mol. The van der Waals surface area contributed by atoms with E-state index >= 15 is 4.39 Å². The average molecular weight is 497 g/mol. The number of carbonyl (C=O) groups is 1. The maximum atomic E-state index is 15.1. The summed E-state index contributed by atoms with van der Waals surface area (Å²) in [4.78, 5) is 44.0. The van der Waals surface area contributed by atoms with Crippen molar-refractivity contribution < 1.29 is 22.4 Å². The first-order chi connectivity index (χ1) is 16.4. The lowest BCUT2D eigenvalue weighted by Gasteiger charge is -2.39. The molecule has 4 rings (SSSR count). The number of carbonyl (C=O) groups excluding carboxylic acids is 1. The van der Waals surface area contributed by atoms with Gasteiger partial charge in [0.05, 0.1) is 35.4 Å². The number of nitrogens with one attached hydrogen (secondary N) is 2. The molecule has 14 heteroatoms. The largest absolute Gasteiger partial charge is 0.417 e. The summed E-state index contributed by atoms with van der Waals surface area (Å²) in [6, 6.07) is 0.394. The van der Waals surface area contributed by atoms with Gasteiger partial charge in [-0.2, -0.15) is 13.2 Å². The first-order valence-corrected chi connectivity index (χ1v) is 10.6. The summed E-state index contributed by atoms with van der Waals surface area (Å²) < 4.78 is 56.4. The van der Waals surface area contributed by atoms with Gasteiger partial charge >= 0.3 is 12.2 Å². The minimum absolute atomic E-state index is 0.0917. The summed E-state index contributed by atoms with van der Waals surface area (Å²) in [5.41, 5.74) is -1.79. The molecule has 35 heavy (non-hydrogen) atoms. The SMILES string of the molecule is CN(C(=O)Nc1cc(C(F)(F)F)cn(C)c1=O)[C@@H]1CCN(c2cnc3[nH]n(C)c(=O)c3c2)C[C@@H]1F. The lowest BCUT2D eigenvalue weighted by atomic mass is 10.0. The van der Waals surface area contributed by atoms with Crippen LogP contribution in [0.15, 0.2) is 34.1 Å².